The van der Waals surface area contributed by atoms with Crippen molar-refractivity contribution in [3.63, 3.8) is 0 Å². The second-order valence-corrected chi connectivity index (χ2v) is 6.38. The van der Waals surface area contributed by atoms with E-state index in [0.29, 0.717) is 30.9 Å². The van der Waals surface area contributed by atoms with Crippen LogP contribution in [0.1, 0.15) is 18.9 Å². The molecule has 0 spiro atoms. The van der Waals surface area contributed by atoms with Crippen molar-refractivity contribution in [2.75, 3.05) is 25.1 Å². The van der Waals surface area contributed by atoms with Crippen LogP contribution in [-0.2, 0) is 16.0 Å². The van der Waals surface area contributed by atoms with Crippen LogP contribution in [-0.4, -0.2) is 38.1 Å². The predicted molar refractivity (Wildman–Crippen MR) is 103 cm³/mol. The Morgan fingerprint density at radius 1 is 1.19 bits per heavy atom. The first-order valence-corrected chi connectivity index (χ1v) is 9.06. The van der Waals surface area contributed by atoms with Gasteiger partial charge in [-0.3, -0.25) is 9.59 Å². The van der Waals surface area contributed by atoms with Crippen molar-refractivity contribution in [2.45, 2.75) is 25.9 Å². The topological polar surface area (TPSA) is 67.9 Å². The Labute approximate surface area is 159 Å². The zero-order valence-corrected chi connectivity index (χ0v) is 15.6. The smallest absolute Gasteiger partial charge is 0.267 e. The zero-order valence-electron chi connectivity index (χ0n) is 15.6. The summed E-state index contributed by atoms with van der Waals surface area (Å²) in [7, 11) is 1.63. The molecular formula is C21H24N2O4. The minimum Gasteiger partial charge on any atom is -0.496 e. The first-order chi connectivity index (χ1) is 13.1. The van der Waals surface area contributed by atoms with E-state index in [-0.39, 0.29) is 18.2 Å². The number of hydrogen-bond acceptors (Lipinski definition) is 4. The first-order valence-electron chi connectivity index (χ1n) is 9.06. The number of carbonyl (C=O) groups is 2. The Hall–Kier alpha value is -3.02. The minimum atomic E-state index is -0.548. The Balaban J connectivity index is 1.52. The molecular weight excluding hydrogens is 344 g/mol. The Kier molecular flexibility index (Phi) is 5.96. The van der Waals surface area contributed by atoms with Gasteiger partial charge in [-0.2, -0.15) is 0 Å². The van der Waals surface area contributed by atoms with E-state index in [0.717, 1.165) is 11.3 Å². The number of anilines is 1. The summed E-state index contributed by atoms with van der Waals surface area (Å²) < 4.78 is 10.9. The molecule has 1 aliphatic rings. The lowest BCUT2D eigenvalue weighted by molar-refractivity contribution is -0.125. The van der Waals surface area contributed by atoms with Gasteiger partial charge in [0, 0.05) is 19.5 Å². The van der Waals surface area contributed by atoms with Crippen molar-refractivity contribution in [3.8, 4) is 11.5 Å². The van der Waals surface area contributed by atoms with E-state index in [2.05, 4.69) is 5.32 Å². The van der Waals surface area contributed by atoms with Gasteiger partial charge in [0.1, 0.15) is 11.5 Å². The average molecular weight is 368 g/mol. The van der Waals surface area contributed by atoms with E-state index in [1.165, 1.54) is 0 Å². The van der Waals surface area contributed by atoms with Crippen LogP contribution in [0.15, 0.2) is 48.5 Å². The van der Waals surface area contributed by atoms with E-state index < -0.39 is 6.10 Å². The minimum absolute atomic E-state index is 0.0886. The lowest BCUT2D eigenvalue weighted by Gasteiger charge is -2.32. The maximum Gasteiger partial charge on any atom is 0.267 e. The Morgan fingerprint density at radius 3 is 2.74 bits per heavy atom. The van der Waals surface area contributed by atoms with Crippen LogP contribution in [0, 0.1) is 0 Å². The molecule has 0 aromatic heterocycles. The molecule has 6 nitrogen and oxygen atoms in total. The zero-order chi connectivity index (χ0) is 19.2. The van der Waals surface area contributed by atoms with Gasteiger partial charge >= 0.3 is 0 Å². The van der Waals surface area contributed by atoms with E-state index in [1.807, 2.05) is 48.5 Å². The molecule has 3 rings (SSSR count). The summed E-state index contributed by atoms with van der Waals surface area (Å²) in [4.78, 5) is 26.3. The van der Waals surface area contributed by atoms with E-state index in [1.54, 1.807) is 18.9 Å². The molecule has 0 radical (unpaired) electrons. The summed E-state index contributed by atoms with van der Waals surface area (Å²) >= 11 is 0. The molecule has 0 saturated carbocycles. The quantitative estimate of drug-likeness (QED) is 0.816. The normalized spacial score (nSPS) is 15.7. The molecule has 0 bridgehead atoms. The summed E-state index contributed by atoms with van der Waals surface area (Å²) in [6.45, 7) is 2.56. The van der Waals surface area contributed by atoms with Gasteiger partial charge < -0.3 is 19.7 Å². The Bertz CT molecular complexity index is 821. The van der Waals surface area contributed by atoms with Gasteiger partial charge in [0.25, 0.3) is 5.91 Å². The van der Waals surface area contributed by atoms with Crippen LogP contribution in [0.3, 0.4) is 0 Å². The Morgan fingerprint density at radius 2 is 1.93 bits per heavy atom. The van der Waals surface area contributed by atoms with Crippen molar-refractivity contribution >= 4 is 17.5 Å². The first kappa shape index (κ1) is 18.8. The van der Waals surface area contributed by atoms with Crippen molar-refractivity contribution in [1.82, 2.24) is 5.32 Å². The van der Waals surface area contributed by atoms with Crippen LogP contribution in [0.2, 0.25) is 0 Å². The van der Waals surface area contributed by atoms with Crippen LogP contribution in [0.4, 0.5) is 5.69 Å². The van der Waals surface area contributed by atoms with Gasteiger partial charge in [-0.15, -0.1) is 0 Å². The van der Waals surface area contributed by atoms with Gasteiger partial charge in [-0.1, -0.05) is 30.3 Å². The van der Waals surface area contributed by atoms with Gasteiger partial charge in [0.15, 0.2) is 6.10 Å². The summed E-state index contributed by atoms with van der Waals surface area (Å²) in [6.07, 6.45) is 0.374. The highest BCUT2D eigenvalue weighted by Gasteiger charge is 2.31. The predicted octanol–water partition coefficient (Wildman–Crippen LogP) is 2.56. The van der Waals surface area contributed by atoms with Crippen molar-refractivity contribution in [3.05, 3.63) is 54.1 Å². The van der Waals surface area contributed by atoms with E-state index >= 15 is 0 Å². The molecule has 6 heteroatoms. The number of fused-ring (bicyclic) bond motifs is 1. The third-order valence-corrected chi connectivity index (χ3v) is 4.55. The maximum absolute atomic E-state index is 12.4. The van der Waals surface area contributed by atoms with Gasteiger partial charge in [0.05, 0.1) is 12.8 Å². The summed E-state index contributed by atoms with van der Waals surface area (Å²) in [5, 5.41) is 2.91. The molecule has 2 aromatic carbocycles. The number of carbonyl (C=O) groups excluding carboxylic acids is 2. The molecule has 0 unspecified atom stereocenters. The monoisotopic (exact) mass is 368 g/mol. The molecule has 0 aliphatic carbocycles. The van der Waals surface area contributed by atoms with Gasteiger partial charge in [-0.05, 0) is 37.1 Å². The molecule has 2 aromatic rings. The average Bonchev–Trinajstić information content (AvgIpc) is 2.68. The van der Waals surface area contributed by atoms with Crippen LogP contribution < -0.4 is 19.7 Å². The molecule has 1 heterocycles. The fourth-order valence-electron chi connectivity index (χ4n) is 3.14. The number of para-hydroxylation sites is 3. The molecule has 2 amide bonds. The maximum atomic E-state index is 12.4. The van der Waals surface area contributed by atoms with Gasteiger partial charge in [0.2, 0.25) is 5.91 Å². The van der Waals surface area contributed by atoms with Crippen molar-refractivity contribution < 1.29 is 19.1 Å². The van der Waals surface area contributed by atoms with E-state index in [9.17, 15) is 9.59 Å². The molecule has 0 saturated heterocycles. The second kappa shape index (κ2) is 8.58. The number of rotatable bonds is 7. The number of nitrogens with zero attached hydrogens (tertiary/aromatic N) is 1. The lowest BCUT2D eigenvalue weighted by Crippen LogP contribution is -2.45. The van der Waals surface area contributed by atoms with Crippen LogP contribution >= 0.6 is 0 Å². The second-order valence-electron chi connectivity index (χ2n) is 6.38. The van der Waals surface area contributed by atoms with Gasteiger partial charge in [-0.25, -0.2) is 0 Å². The molecule has 1 aliphatic heterocycles. The number of methoxy groups -OCH3 is 1. The molecule has 0 fully saturated rings. The molecule has 27 heavy (non-hydrogen) atoms. The number of nitrogens with one attached hydrogen (secondary N) is 1. The highest BCUT2D eigenvalue weighted by molar-refractivity contribution is 6.00. The number of benzene rings is 2. The number of ether oxygens (including phenoxy) is 2. The standard InChI is InChI=1S/C21H24N2O4/c1-15-21(25)23(17-8-4-6-10-19(17)27-15)14-12-20(24)22-13-11-16-7-3-5-9-18(16)26-2/h3-10,15H,11-14H2,1-2H3,(H,22,24)/t15-/m1/s1. The molecule has 142 valence electrons. The number of hydrogen-bond donors (Lipinski definition) is 1. The third kappa shape index (κ3) is 4.39. The third-order valence-electron chi connectivity index (χ3n) is 4.55. The highest BCUT2D eigenvalue weighted by atomic mass is 16.5. The SMILES string of the molecule is COc1ccccc1CCNC(=O)CCN1C(=O)[C@@H](C)Oc2ccccc21. The number of amides is 2. The lowest BCUT2D eigenvalue weighted by atomic mass is 10.1. The van der Waals surface area contributed by atoms with Crippen LogP contribution in [0.5, 0.6) is 11.5 Å². The highest BCUT2D eigenvalue weighted by Crippen LogP contribution is 2.33. The molecule has 1 atom stereocenters. The van der Waals surface area contributed by atoms with Crippen molar-refractivity contribution in [2.24, 2.45) is 0 Å². The summed E-state index contributed by atoms with van der Waals surface area (Å²) in [5.74, 6) is 1.27. The summed E-state index contributed by atoms with van der Waals surface area (Å²) in [6, 6.07) is 15.1. The molecule has 1 N–H and O–H groups in total. The fourth-order valence-corrected chi connectivity index (χ4v) is 3.14. The largest absolute Gasteiger partial charge is 0.496 e. The van der Waals surface area contributed by atoms with Crippen molar-refractivity contribution in [1.29, 1.82) is 0 Å². The summed E-state index contributed by atoms with van der Waals surface area (Å²) in [5.41, 5.74) is 1.76. The fraction of sp³-hybridized carbons (Fsp3) is 0.333. The van der Waals surface area contributed by atoms with Crippen LogP contribution in [0.25, 0.3) is 0 Å². The van der Waals surface area contributed by atoms with E-state index in [4.69, 9.17) is 9.47 Å².